The van der Waals surface area contributed by atoms with Gasteiger partial charge in [0.2, 0.25) is 0 Å². The van der Waals surface area contributed by atoms with Crippen molar-refractivity contribution in [3.05, 3.63) is 0 Å². The van der Waals surface area contributed by atoms with Crippen LogP contribution < -0.4 is 5.32 Å². The zero-order chi connectivity index (χ0) is 15.3. The predicted molar refractivity (Wildman–Crippen MR) is 73.1 cm³/mol. The molecule has 0 spiro atoms. The van der Waals surface area contributed by atoms with Crippen LogP contribution in [0.15, 0.2) is 0 Å². The van der Waals surface area contributed by atoms with Crippen LogP contribution in [0.5, 0.6) is 0 Å². The Balaban J connectivity index is 2.54. The van der Waals surface area contributed by atoms with Crippen LogP contribution in [-0.2, 0) is 14.3 Å². The van der Waals surface area contributed by atoms with Gasteiger partial charge in [0.1, 0.15) is 5.60 Å². The molecule has 3 atom stereocenters. The molecule has 20 heavy (non-hydrogen) atoms. The summed E-state index contributed by atoms with van der Waals surface area (Å²) in [7, 11) is 0. The van der Waals surface area contributed by atoms with E-state index in [-0.39, 0.29) is 11.9 Å². The van der Waals surface area contributed by atoms with Gasteiger partial charge in [-0.3, -0.25) is 4.79 Å². The Labute approximate surface area is 119 Å². The van der Waals surface area contributed by atoms with Crippen molar-refractivity contribution in [2.75, 3.05) is 6.61 Å². The molecular formula is C14H25NO5. The lowest BCUT2D eigenvalue weighted by Crippen LogP contribution is -2.49. The monoisotopic (exact) mass is 287 g/mol. The molecule has 1 aliphatic rings. The van der Waals surface area contributed by atoms with Gasteiger partial charge in [0, 0.05) is 0 Å². The first-order valence-corrected chi connectivity index (χ1v) is 7.07. The summed E-state index contributed by atoms with van der Waals surface area (Å²) in [5, 5.41) is 12.6. The van der Waals surface area contributed by atoms with Crippen LogP contribution in [0, 0.1) is 5.92 Å². The summed E-state index contributed by atoms with van der Waals surface area (Å²) in [6.45, 7) is 7.40. The number of aliphatic hydroxyl groups is 1. The van der Waals surface area contributed by atoms with E-state index < -0.39 is 23.8 Å². The number of aliphatic hydroxyl groups excluding tert-OH is 1. The Kier molecular flexibility index (Phi) is 5.80. The van der Waals surface area contributed by atoms with Gasteiger partial charge in [-0.1, -0.05) is 0 Å². The summed E-state index contributed by atoms with van der Waals surface area (Å²) in [4.78, 5) is 23.4. The number of rotatable bonds is 3. The molecule has 0 aromatic heterocycles. The Bertz CT molecular complexity index is 350. The molecule has 116 valence electrons. The fourth-order valence-electron chi connectivity index (χ4n) is 2.24. The summed E-state index contributed by atoms with van der Waals surface area (Å²) in [6.07, 6.45) is 0.176. The number of hydrogen-bond donors (Lipinski definition) is 2. The first-order valence-electron chi connectivity index (χ1n) is 7.07. The van der Waals surface area contributed by atoms with Gasteiger partial charge < -0.3 is 19.9 Å². The molecule has 1 rings (SSSR count). The zero-order valence-corrected chi connectivity index (χ0v) is 12.6. The van der Waals surface area contributed by atoms with Crippen LogP contribution in [0.25, 0.3) is 0 Å². The molecule has 0 radical (unpaired) electrons. The average Bonchev–Trinajstić information content (AvgIpc) is 2.29. The quantitative estimate of drug-likeness (QED) is 0.770. The summed E-state index contributed by atoms with van der Waals surface area (Å²) in [5.41, 5.74) is -0.593. The van der Waals surface area contributed by atoms with Gasteiger partial charge in [0.05, 0.1) is 24.7 Å². The van der Waals surface area contributed by atoms with E-state index in [2.05, 4.69) is 5.32 Å². The van der Waals surface area contributed by atoms with Gasteiger partial charge in [-0.15, -0.1) is 0 Å². The molecule has 0 aliphatic heterocycles. The van der Waals surface area contributed by atoms with Crippen LogP contribution in [0.2, 0.25) is 0 Å². The average molecular weight is 287 g/mol. The lowest BCUT2D eigenvalue weighted by atomic mass is 9.84. The van der Waals surface area contributed by atoms with Crippen LogP contribution in [0.3, 0.4) is 0 Å². The number of carbonyl (C=O) groups is 2. The van der Waals surface area contributed by atoms with E-state index in [9.17, 15) is 14.7 Å². The maximum absolute atomic E-state index is 11.7. The highest BCUT2D eigenvalue weighted by Crippen LogP contribution is 2.26. The van der Waals surface area contributed by atoms with Crippen molar-refractivity contribution in [1.29, 1.82) is 0 Å². The lowest BCUT2D eigenvalue weighted by Gasteiger charge is -2.33. The number of carbonyl (C=O) groups excluding carboxylic acids is 2. The smallest absolute Gasteiger partial charge is 0.407 e. The molecule has 0 unspecified atom stereocenters. The van der Waals surface area contributed by atoms with Crippen LogP contribution >= 0.6 is 0 Å². The summed E-state index contributed by atoms with van der Waals surface area (Å²) >= 11 is 0. The van der Waals surface area contributed by atoms with Crippen molar-refractivity contribution in [1.82, 2.24) is 5.32 Å². The third-order valence-corrected chi connectivity index (χ3v) is 3.14. The third kappa shape index (κ3) is 5.36. The first-order chi connectivity index (χ1) is 9.23. The van der Waals surface area contributed by atoms with E-state index in [0.29, 0.717) is 25.9 Å². The standard InChI is InChI=1S/C14H25NO5/c1-5-19-12(17)9-6-7-11(16)10(8-9)15-13(18)20-14(2,3)4/h9-11,16H,5-8H2,1-4H3,(H,15,18)/t9-,10-,11-/m1/s1. The molecular weight excluding hydrogens is 262 g/mol. The Morgan fingerprint density at radius 2 is 1.95 bits per heavy atom. The molecule has 6 nitrogen and oxygen atoms in total. The van der Waals surface area contributed by atoms with Crippen LogP contribution in [0.1, 0.15) is 47.0 Å². The van der Waals surface area contributed by atoms with Gasteiger partial charge >= 0.3 is 12.1 Å². The van der Waals surface area contributed by atoms with Crippen molar-refractivity contribution < 1.29 is 24.2 Å². The van der Waals surface area contributed by atoms with E-state index in [0.717, 1.165) is 0 Å². The summed E-state index contributed by atoms with van der Waals surface area (Å²) < 4.78 is 10.1. The molecule has 0 aromatic carbocycles. The van der Waals surface area contributed by atoms with Crippen LogP contribution in [-0.4, -0.2) is 41.5 Å². The number of ether oxygens (including phenoxy) is 2. The van der Waals surface area contributed by atoms with Gasteiger partial charge in [-0.25, -0.2) is 4.79 Å². The van der Waals surface area contributed by atoms with Gasteiger partial charge in [-0.05, 0) is 47.0 Å². The SMILES string of the molecule is CCOC(=O)[C@@H]1CC[C@@H](O)[C@H](NC(=O)OC(C)(C)C)C1. The molecule has 2 N–H and O–H groups in total. The summed E-state index contributed by atoms with van der Waals surface area (Å²) in [5.74, 6) is -0.548. The number of hydrogen-bond acceptors (Lipinski definition) is 5. The minimum absolute atomic E-state index is 0.268. The molecule has 0 saturated heterocycles. The highest BCUT2D eigenvalue weighted by Gasteiger charge is 2.35. The molecule has 1 fully saturated rings. The van der Waals surface area contributed by atoms with Crippen molar-refractivity contribution in [3.8, 4) is 0 Å². The van der Waals surface area contributed by atoms with Gasteiger partial charge in [0.15, 0.2) is 0 Å². The van der Waals surface area contributed by atoms with Crippen molar-refractivity contribution in [3.63, 3.8) is 0 Å². The fourth-order valence-corrected chi connectivity index (χ4v) is 2.24. The fraction of sp³-hybridized carbons (Fsp3) is 0.857. The Morgan fingerprint density at radius 3 is 2.50 bits per heavy atom. The highest BCUT2D eigenvalue weighted by molar-refractivity contribution is 5.73. The molecule has 0 bridgehead atoms. The minimum atomic E-state index is -0.659. The first kappa shape index (κ1) is 16.8. The summed E-state index contributed by atoms with van der Waals surface area (Å²) in [6, 6.07) is -0.479. The zero-order valence-electron chi connectivity index (χ0n) is 12.6. The van der Waals surface area contributed by atoms with Crippen molar-refractivity contribution in [2.45, 2.75) is 64.7 Å². The van der Waals surface area contributed by atoms with Gasteiger partial charge in [0.25, 0.3) is 0 Å². The predicted octanol–water partition coefficient (Wildman–Crippen LogP) is 1.60. The Morgan fingerprint density at radius 1 is 1.30 bits per heavy atom. The van der Waals surface area contributed by atoms with Crippen LogP contribution in [0.4, 0.5) is 4.79 Å². The second-order valence-corrected chi connectivity index (χ2v) is 6.08. The van der Waals surface area contributed by atoms with E-state index >= 15 is 0 Å². The van der Waals surface area contributed by atoms with E-state index in [1.165, 1.54) is 0 Å². The number of esters is 1. The second-order valence-electron chi connectivity index (χ2n) is 6.08. The topological polar surface area (TPSA) is 84.9 Å². The van der Waals surface area contributed by atoms with E-state index in [1.807, 2.05) is 0 Å². The number of amides is 1. The molecule has 1 amide bonds. The molecule has 0 heterocycles. The number of nitrogens with one attached hydrogen (secondary N) is 1. The van der Waals surface area contributed by atoms with Crippen molar-refractivity contribution in [2.24, 2.45) is 5.92 Å². The normalized spacial score (nSPS) is 26.8. The number of alkyl carbamates (subject to hydrolysis) is 1. The molecule has 0 aromatic rings. The lowest BCUT2D eigenvalue weighted by molar-refractivity contribution is -0.150. The maximum Gasteiger partial charge on any atom is 0.407 e. The Hall–Kier alpha value is -1.30. The maximum atomic E-state index is 11.7. The van der Waals surface area contributed by atoms with E-state index in [4.69, 9.17) is 9.47 Å². The largest absolute Gasteiger partial charge is 0.466 e. The van der Waals surface area contributed by atoms with E-state index in [1.54, 1.807) is 27.7 Å². The minimum Gasteiger partial charge on any atom is -0.466 e. The van der Waals surface area contributed by atoms with Gasteiger partial charge in [-0.2, -0.15) is 0 Å². The molecule has 6 heteroatoms. The van der Waals surface area contributed by atoms with Crippen molar-refractivity contribution >= 4 is 12.1 Å². The highest BCUT2D eigenvalue weighted by atomic mass is 16.6. The third-order valence-electron chi connectivity index (χ3n) is 3.14. The second kappa shape index (κ2) is 6.92. The molecule has 1 aliphatic carbocycles. The molecule has 1 saturated carbocycles.